The number of hydrogen-bond acceptors (Lipinski definition) is 3. The first kappa shape index (κ1) is 13.3. The molecular formula is C15H22N2O. The molecule has 1 aromatic rings. The highest BCUT2D eigenvalue weighted by Gasteiger charge is 2.26. The lowest BCUT2D eigenvalue weighted by atomic mass is 10.0. The number of aliphatic hydroxyl groups is 1. The quantitative estimate of drug-likeness (QED) is 0.771. The minimum Gasteiger partial charge on any atom is -0.390 e. The minimum atomic E-state index is -0.289. The summed E-state index contributed by atoms with van der Waals surface area (Å²) in [5.74, 6) is 0. The molecule has 0 amide bonds. The van der Waals surface area contributed by atoms with E-state index in [0.29, 0.717) is 0 Å². The van der Waals surface area contributed by atoms with Crippen LogP contribution in [-0.2, 0) is 6.54 Å². The van der Waals surface area contributed by atoms with Gasteiger partial charge in [0.15, 0.2) is 0 Å². The van der Waals surface area contributed by atoms with Gasteiger partial charge in [-0.25, -0.2) is 0 Å². The van der Waals surface area contributed by atoms with Crippen LogP contribution in [0.2, 0.25) is 0 Å². The fraction of sp³-hybridized carbons (Fsp3) is 0.467. The van der Waals surface area contributed by atoms with Crippen molar-refractivity contribution in [3.05, 3.63) is 48.6 Å². The molecule has 0 saturated carbocycles. The monoisotopic (exact) mass is 246 g/mol. The highest BCUT2D eigenvalue weighted by molar-refractivity contribution is 5.14. The molecular weight excluding hydrogens is 224 g/mol. The molecule has 1 heterocycles. The lowest BCUT2D eigenvalue weighted by Gasteiger charge is -2.36. The standard InChI is InChI=1S/C15H22N2O/c1-2-9-16-14-8-10-17(12-15(14)18)11-13-6-4-3-5-7-13/h2-7,14-16,18H,1,8-12H2. The zero-order valence-electron chi connectivity index (χ0n) is 10.8. The maximum Gasteiger partial charge on any atom is 0.0820 e. The first-order valence-corrected chi connectivity index (χ1v) is 6.58. The van der Waals surface area contributed by atoms with Crippen LogP contribution in [0, 0.1) is 0 Å². The van der Waals surface area contributed by atoms with E-state index < -0.39 is 0 Å². The molecule has 1 saturated heterocycles. The van der Waals surface area contributed by atoms with Crippen LogP contribution in [0.5, 0.6) is 0 Å². The number of benzene rings is 1. The van der Waals surface area contributed by atoms with Crippen LogP contribution in [0.1, 0.15) is 12.0 Å². The lowest BCUT2D eigenvalue weighted by molar-refractivity contribution is 0.0384. The van der Waals surface area contributed by atoms with E-state index in [9.17, 15) is 5.11 Å². The molecule has 3 nitrogen and oxygen atoms in total. The summed E-state index contributed by atoms with van der Waals surface area (Å²) in [6, 6.07) is 10.6. The molecule has 2 atom stereocenters. The second-order valence-electron chi connectivity index (χ2n) is 4.88. The summed E-state index contributed by atoms with van der Waals surface area (Å²) >= 11 is 0. The average molecular weight is 246 g/mol. The topological polar surface area (TPSA) is 35.5 Å². The molecule has 18 heavy (non-hydrogen) atoms. The second-order valence-corrected chi connectivity index (χ2v) is 4.88. The predicted molar refractivity (Wildman–Crippen MR) is 74.3 cm³/mol. The first-order valence-electron chi connectivity index (χ1n) is 6.58. The number of hydrogen-bond donors (Lipinski definition) is 2. The van der Waals surface area contributed by atoms with E-state index in [2.05, 4.69) is 41.1 Å². The Morgan fingerprint density at radius 1 is 1.39 bits per heavy atom. The van der Waals surface area contributed by atoms with E-state index in [1.165, 1.54) is 5.56 Å². The molecule has 1 aliphatic rings. The molecule has 3 heteroatoms. The minimum absolute atomic E-state index is 0.204. The van der Waals surface area contributed by atoms with Gasteiger partial charge < -0.3 is 10.4 Å². The molecule has 2 rings (SSSR count). The van der Waals surface area contributed by atoms with E-state index >= 15 is 0 Å². The molecule has 0 aliphatic carbocycles. The van der Waals surface area contributed by atoms with Crippen molar-refractivity contribution in [2.75, 3.05) is 19.6 Å². The molecule has 0 bridgehead atoms. The molecule has 1 aromatic carbocycles. The highest BCUT2D eigenvalue weighted by Crippen LogP contribution is 2.14. The van der Waals surface area contributed by atoms with E-state index in [1.54, 1.807) is 0 Å². The molecule has 0 spiro atoms. The summed E-state index contributed by atoms with van der Waals surface area (Å²) in [5, 5.41) is 13.4. The Hall–Kier alpha value is -1.16. The van der Waals surface area contributed by atoms with Crippen molar-refractivity contribution < 1.29 is 5.11 Å². The van der Waals surface area contributed by atoms with Gasteiger partial charge in [0.05, 0.1) is 6.10 Å². The van der Waals surface area contributed by atoms with Gasteiger partial charge in [-0.1, -0.05) is 36.4 Å². The largest absolute Gasteiger partial charge is 0.390 e. The summed E-state index contributed by atoms with van der Waals surface area (Å²) in [7, 11) is 0. The van der Waals surface area contributed by atoms with Gasteiger partial charge in [-0.15, -0.1) is 6.58 Å². The van der Waals surface area contributed by atoms with Crippen LogP contribution in [0.3, 0.4) is 0 Å². The van der Waals surface area contributed by atoms with E-state index in [1.807, 2.05) is 12.1 Å². The van der Waals surface area contributed by atoms with Gasteiger partial charge in [-0.2, -0.15) is 0 Å². The van der Waals surface area contributed by atoms with Crippen LogP contribution in [0.25, 0.3) is 0 Å². The Kier molecular flexibility index (Phi) is 4.93. The van der Waals surface area contributed by atoms with E-state index in [0.717, 1.165) is 32.6 Å². The van der Waals surface area contributed by atoms with Gasteiger partial charge in [0.25, 0.3) is 0 Å². The van der Waals surface area contributed by atoms with Crippen LogP contribution in [0.4, 0.5) is 0 Å². The van der Waals surface area contributed by atoms with Crippen LogP contribution >= 0.6 is 0 Å². The Bertz CT molecular complexity index is 366. The van der Waals surface area contributed by atoms with Crippen molar-refractivity contribution in [1.29, 1.82) is 0 Å². The van der Waals surface area contributed by atoms with Crippen LogP contribution < -0.4 is 5.32 Å². The highest BCUT2D eigenvalue weighted by atomic mass is 16.3. The van der Waals surface area contributed by atoms with E-state index in [4.69, 9.17) is 0 Å². The summed E-state index contributed by atoms with van der Waals surface area (Å²) in [5.41, 5.74) is 1.31. The van der Waals surface area contributed by atoms with E-state index in [-0.39, 0.29) is 12.1 Å². The zero-order valence-corrected chi connectivity index (χ0v) is 10.8. The number of rotatable bonds is 5. The van der Waals surface area contributed by atoms with Crippen molar-refractivity contribution in [3.8, 4) is 0 Å². The van der Waals surface area contributed by atoms with Crippen molar-refractivity contribution in [3.63, 3.8) is 0 Å². The predicted octanol–water partition coefficient (Wildman–Crippen LogP) is 1.40. The number of nitrogens with zero attached hydrogens (tertiary/aromatic N) is 1. The number of piperidine rings is 1. The normalized spacial score (nSPS) is 24.9. The number of likely N-dealkylation sites (tertiary alicyclic amines) is 1. The Labute approximate surface area is 109 Å². The van der Waals surface area contributed by atoms with Gasteiger partial charge in [0, 0.05) is 32.2 Å². The molecule has 1 aliphatic heterocycles. The van der Waals surface area contributed by atoms with Gasteiger partial charge >= 0.3 is 0 Å². The molecule has 1 fully saturated rings. The van der Waals surface area contributed by atoms with Crippen molar-refractivity contribution in [2.24, 2.45) is 0 Å². The zero-order chi connectivity index (χ0) is 12.8. The van der Waals surface area contributed by atoms with Gasteiger partial charge in [0.1, 0.15) is 0 Å². The SMILES string of the molecule is C=CCNC1CCN(Cc2ccccc2)CC1O. The fourth-order valence-electron chi connectivity index (χ4n) is 2.46. The summed E-state index contributed by atoms with van der Waals surface area (Å²) in [6.07, 6.45) is 2.53. The van der Waals surface area contributed by atoms with Gasteiger partial charge in [0.2, 0.25) is 0 Å². The Morgan fingerprint density at radius 2 is 2.17 bits per heavy atom. The number of aliphatic hydroxyl groups excluding tert-OH is 1. The van der Waals surface area contributed by atoms with Crippen molar-refractivity contribution in [2.45, 2.75) is 25.1 Å². The third kappa shape index (κ3) is 3.67. The lowest BCUT2D eigenvalue weighted by Crippen LogP contribution is -2.52. The fourth-order valence-corrected chi connectivity index (χ4v) is 2.46. The molecule has 0 aromatic heterocycles. The van der Waals surface area contributed by atoms with Crippen LogP contribution in [0.15, 0.2) is 43.0 Å². The molecule has 0 radical (unpaired) electrons. The third-order valence-electron chi connectivity index (χ3n) is 3.44. The maximum atomic E-state index is 10.1. The van der Waals surface area contributed by atoms with Gasteiger partial charge in [-0.3, -0.25) is 4.90 Å². The smallest absolute Gasteiger partial charge is 0.0820 e. The Morgan fingerprint density at radius 3 is 2.83 bits per heavy atom. The van der Waals surface area contributed by atoms with Crippen molar-refractivity contribution in [1.82, 2.24) is 10.2 Å². The van der Waals surface area contributed by atoms with Crippen LogP contribution in [-0.4, -0.2) is 41.8 Å². The average Bonchev–Trinajstić information content (AvgIpc) is 2.39. The molecule has 98 valence electrons. The van der Waals surface area contributed by atoms with Gasteiger partial charge in [-0.05, 0) is 12.0 Å². The number of β-amino-alcohol motifs (C(OH)–C–C–N with tert-alkyl or cyclic N) is 1. The summed E-state index contributed by atoms with van der Waals surface area (Å²) < 4.78 is 0. The number of nitrogens with one attached hydrogen (secondary N) is 1. The van der Waals surface area contributed by atoms with Crippen molar-refractivity contribution >= 4 is 0 Å². The first-order chi connectivity index (χ1) is 8.79. The maximum absolute atomic E-state index is 10.1. The molecule has 2 unspecified atom stereocenters. The Balaban J connectivity index is 1.82. The summed E-state index contributed by atoms with van der Waals surface area (Å²) in [6.45, 7) is 7.14. The molecule has 2 N–H and O–H groups in total. The summed E-state index contributed by atoms with van der Waals surface area (Å²) in [4.78, 5) is 2.31. The second kappa shape index (κ2) is 6.69. The third-order valence-corrected chi connectivity index (χ3v) is 3.44.